The van der Waals surface area contributed by atoms with Gasteiger partial charge in [-0.25, -0.2) is 0 Å². The predicted molar refractivity (Wildman–Crippen MR) is 66.6 cm³/mol. The van der Waals surface area contributed by atoms with E-state index in [2.05, 4.69) is 4.99 Å². The first-order valence-electron chi connectivity index (χ1n) is 5.32. The van der Waals surface area contributed by atoms with Gasteiger partial charge in [0.25, 0.3) is 0 Å². The summed E-state index contributed by atoms with van der Waals surface area (Å²) in [5.41, 5.74) is 6.87. The number of hydrogen-bond acceptors (Lipinski definition) is 2. The van der Waals surface area contributed by atoms with Crippen molar-refractivity contribution in [2.24, 2.45) is 10.7 Å². The SMILES string of the molecule is CCOc1ccc(CN(C)C(N)=NC)cc1. The second-order valence-corrected chi connectivity index (χ2v) is 3.51. The lowest BCUT2D eigenvalue weighted by molar-refractivity contribution is 0.340. The molecule has 4 heteroatoms. The summed E-state index contributed by atoms with van der Waals surface area (Å²) in [6.45, 7) is 3.41. The van der Waals surface area contributed by atoms with Gasteiger partial charge in [-0.3, -0.25) is 4.99 Å². The lowest BCUT2D eigenvalue weighted by Crippen LogP contribution is -2.33. The molecule has 16 heavy (non-hydrogen) atoms. The maximum Gasteiger partial charge on any atom is 0.191 e. The van der Waals surface area contributed by atoms with Crippen molar-refractivity contribution in [2.45, 2.75) is 13.5 Å². The first-order chi connectivity index (χ1) is 7.67. The average Bonchev–Trinajstić information content (AvgIpc) is 2.31. The van der Waals surface area contributed by atoms with Crippen LogP contribution < -0.4 is 10.5 Å². The van der Waals surface area contributed by atoms with Crippen molar-refractivity contribution >= 4 is 5.96 Å². The molecule has 0 radical (unpaired) electrons. The molecule has 0 unspecified atom stereocenters. The van der Waals surface area contributed by atoms with E-state index >= 15 is 0 Å². The summed E-state index contributed by atoms with van der Waals surface area (Å²) in [4.78, 5) is 5.83. The van der Waals surface area contributed by atoms with E-state index in [0.717, 1.165) is 12.3 Å². The topological polar surface area (TPSA) is 50.9 Å². The van der Waals surface area contributed by atoms with Gasteiger partial charge in [0.15, 0.2) is 5.96 Å². The first kappa shape index (κ1) is 12.4. The summed E-state index contributed by atoms with van der Waals surface area (Å²) in [7, 11) is 3.60. The molecule has 0 aliphatic carbocycles. The van der Waals surface area contributed by atoms with Gasteiger partial charge >= 0.3 is 0 Å². The third-order valence-corrected chi connectivity index (χ3v) is 2.27. The Kier molecular flexibility index (Phi) is 4.64. The van der Waals surface area contributed by atoms with Crippen molar-refractivity contribution in [1.29, 1.82) is 0 Å². The fourth-order valence-electron chi connectivity index (χ4n) is 1.38. The van der Waals surface area contributed by atoms with Crippen molar-refractivity contribution < 1.29 is 4.74 Å². The summed E-state index contributed by atoms with van der Waals surface area (Å²) in [5.74, 6) is 1.43. The number of hydrogen-bond donors (Lipinski definition) is 1. The third kappa shape index (κ3) is 3.46. The van der Waals surface area contributed by atoms with Crippen molar-refractivity contribution in [1.82, 2.24) is 4.90 Å². The molecule has 1 aromatic rings. The number of nitrogens with zero attached hydrogens (tertiary/aromatic N) is 2. The van der Waals surface area contributed by atoms with Gasteiger partial charge < -0.3 is 15.4 Å². The van der Waals surface area contributed by atoms with Crippen LogP contribution >= 0.6 is 0 Å². The van der Waals surface area contributed by atoms with Gasteiger partial charge in [0.1, 0.15) is 5.75 Å². The van der Waals surface area contributed by atoms with Crippen molar-refractivity contribution in [2.75, 3.05) is 20.7 Å². The second-order valence-electron chi connectivity index (χ2n) is 3.51. The second kappa shape index (κ2) is 6.00. The van der Waals surface area contributed by atoms with E-state index in [1.54, 1.807) is 7.05 Å². The molecule has 0 heterocycles. The largest absolute Gasteiger partial charge is 0.494 e. The normalized spacial score (nSPS) is 11.3. The zero-order valence-electron chi connectivity index (χ0n) is 10.1. The number of aliphatic imine (C=N–C) groups is 1. The maximum atomic E-state index is 5.69. The lowest BCUT2D eigenvalue weighted by atomic mass is 10.2. The molecule has 0 spiro atoms. The van der Waals surface area contributed by atoms with Crippen LogP contribution in [0.15, 0.2) is 29.3 Å². The van der Waals surface area contributed by atoms with Gasteiger partial charge in [-0.05, 0) is 24.6 Å². The molecule has 0 saturated heterocycles. The number of benzene rings is 1. The molecule has 1 aromatic carbocycles. The maximum absolute atomic E-state index is 5.69. The summed E-state index contributed by atoms with van der Waals surface area (Å²) in [6, 6.07) is 7.99. The van der Waals surface area contributed by atoms with Crippen LogP contribution in [-0.2, 0) is 6.54 Å². The van der Waals surface area contributed by atoms with E-state index in [0.29, 0.717) is 12.6 Å². The zero-order valence-corrected chi connectivity index (χ0v) is 10.1. The molecule has 0 atom stereocenters. The first-order valence-corrected chi connectivity index (χ1v) is 5.32. The number of ether oxygens (including phenoxy) is 1. The minimum atomic E-state index is 0.536. The van der Waals surface area contributed by atoms with Crippen LogP contribution in [0.3, 0.4) is 0 Å². The molecular formula is C12H19N3O. The van der Waals surface area contributed by atoms with E-state index in [1.807, 2.05) is 43.1 Å². The Hall–Kier alpha value is -1.71. The van der Waals surface area contributed by atoms with Gasteiger partial charge in [0.05, 0.1) is 6.61 Å². The Balaban J connectivity index is 2.61. The molecule has 0 bridgehead atoms. The summed E-state index contributed by atoms with van der Waals surface area (Å²) in [6.07, 6.45) is 0. The quantitative estimate of drug-likeness (QED) is 0.618. The Bertz CT molecular complexity index is 346. The smallest absolute Gasteiger partial charge is 0.191 e. The molecule has 0 amide bonds. The molecule has 1 rings (SSSR count). The van der Waals surface area contributed by atoms with Crippen LogP contribution in [0, 0.1) is 0 Å². The van der Waals surface area contributed by atoms with E-state index in [-0.39, 0.29) is 0 Å². The summed E-state index contributed by atoms with van der Waals surface area (Å²) >= 11 is 0. The van der Waals surface area contributed by atoms with Gasteiger partial charge in [0.2, 0.25) is 0 Å². The molecule has 88 valence electrons. The van der Waals surface area contributed by atoms with E-state index in [9.17, 15) is 0 Å². The number of nitrogens with two attached hydrogens (primary N) is 1. The van der Waals surface area contributed by atoms with Crippen LogP contribution in [0.2, 0.25) is 0 Å². The summed E-state index contributed by atoms with van der Waals surface area (Å²) in [5, 5.41) is 0. The Labute approximate surface area is 96.7 Å². The minimum absolute atomic E-state index is 0.536. The molecule has 0 aromatic heterocycles. The van der Waals surface area contributed by atoms with Gasteiger partial charge in [-0.2, -0.15) is 0 Å². The number of guanidine groups is 1. The van der Waals surface area contributed by atoms with Gasteiger partial charge in [-0.15, -0.1) is 0 Å². The van der Waals surface area contributed by atoms with Crippen LogP contribution in [0.25, 0.3) is 0 Å². The van der Waals surface area contributed by atoms with Gasteiger partial charge in [-0.1, -0.05) is 12.1 Å². The van der Waals surface area contributed by atoms with Crippen LogP contribution in [0.5, 0.6) is 5.75 Å². The standard InChI is InChI=1S/C12H19N3O/c1-4-16-11-7-5-10(6-8-11)9-15(3)12(13)14-2/h5-8H,4,9H2,1-3H3,(H2,13,14). The third-order valence-electron chi connectivity index (χ3n) is 2.27. The number of rotatable bonds is 4. The molecule has 2 N–H and O–H groups in total. The fraction of sp³-hybridized carbons (Fsp3) is 0.417. The highest BCUT2D eigenvalue weighted by molar-refractivity contribution is 5.77. The predicted octanol–water partition coefficient (Wildman–Crippen LogP) is 1.46. The minimum Gasteiger partial charge on any atom is -0.494 e. The van der Waals surface area contributed by atoms with E-state index < -0.39 is 0 Å². The lowest BCUT2D eigenvalue weighted by Gasteiger charge is -2.17. The highest BCUT2D eigenvalue weighted by Crippen LogP contribution is 2.13. The monoisotopic (exact) mass is 221 g/mol. The fourth-order valence-corrected chi connectivity index (χ4v) is 1.38. The highest BCUT2D eigenvalue weighted by Gasteiger charge is 2.02. The Morgan fingerprint density at radius 1 is 1.38 bits per heavy atom. The van der Waals surface area contributed by atoms with Gasteiger partial charge in [0, 0.05) is 20.6 Å². The van der Waals surface area contributed by atoms with Crippen molar-refractivity contribution in [3.05, 3.63) is 29.8 Å². The molecule has 0 fully saturated rings. The molecule has 0 aliphatic rings. The van der Waals surface area contributed by atoms with Crippen molar-refractivity contribution in [3.63, 3.8) is 0 Å². The molecule has 0 aliphatic heterocycles. The summed E-state index contributed by atoms with van der Waals surface area (Å²) < 4.78 is 5.37. The zero-order chi connectivity index (χ0) is 12.0. The van der Waals surface area contributed by atoms with E-state index in [1.165, 1.54) is 5.56 Å². The average molecular weight is 221 g/mol. The molecular weight excluding hydrogens is 202 g/mol. The molecule has 0 saturated carbocycles. The Morgan fingerprint density at radius 2 is 2.00 bits per heavy atom. The van der Waals surface area contributed by atoms with Crippen LogP contribution in [0.4, 0.5) is 0 Å². The van der Waals surface area contributed by atoms with Crippen molar-refractivity contribution in [3.8, 4) is 5.75 Å². The highest BCUT2D eigenvalue weighted by atomic mass is 16.5. The van der Waals surface area contributed by atoms with Crippen LogP contribution in [-0.4, -0.2) is 31.6 Å². The Morgan fingerprint density at radius 3 is 2.50 bits per heavy atom. The molecule has 4 nitrogen and oxygen atoms in total. The van der Waals surface area contributed by atoms with E-state index in [4.69, 9.17) is 10.5 Å². The van der Waals surface area contributed by atoms with Crippen LogP contribution in [0.1, 0.15) is 12.5 Å².